The lowest BCUT2D eigenvalue weighted by atomic mass is 10.2. The molecule has 1 aromatic carbocycles. The Kier molecular flexibility index (Phi) is 2.72. The number of amides is 1. The van der Waals surface area contributed by atoms with Gasteiger partial charge in [0.25, 0.3) is 5.91 Å². The highest BCUT2D eigenvalue weighted by molar-refractivity contribution is 5.95. The topological polar surface area (TPSA) is 52.9 Å². The largest absolute Gasteiger partial charge is 0.270 e. The Hall–Kier alpha value is -2.03. The quantitative estimate of drug-likeness (QED) is 0.549. The summed E-state index contributed by atoms with van der Waals surface area (Å²) in [5.74, 6) is -5.08. The number of halogens is 3. The van der Waals surface area contributed by atoms with Crippen molar-refractivity contribution in [2.24, 2.45) is 0 Å². The predicted molar refractivity (Wildman–Crippen MR) is 39.4 cm³/mol. The van der Waals surface area contributed by atoms with Gasteiger partial charge < -0.3 is 0 Å². The first-order chi connectivity index (χ1) is 6.56. The smallest absolute Gasteiger partial charge is 0.268 e. The highest BCUT2D eigenvalue weighted by Gasteiger charge is 2.18. The number of carbonyl (C=O) groups excluding carboxylic acids is 1. The average Bonchev–Trinajstić information content (AvgIpc) is 2.01. The maximum absolute atomic E-state index is 12.8. The first kappa shape index (κ1) is 10.1. The number of nitriles is 1. The van der Waals surface area contributed by atoms with Gasteiger partial charge in [-0.3, -0.25) is 10.1 Å². The Morgan fingerprint density at radius 2 is 1.79 bits per heavy atom. The summed E-state index contributed by atoms with van der Waals surface area (Å²) in [5, 5.41) is 9.56. The molecular weight excluding hydrogens is 197 g/mol. The van der Waals surface area contributed by atoms with Gasteiger partial charge in [0.2, 0.25) is 0 Å². The normalized spacial score (nSPS) is 9.29. The third-order valence-electron chi connectivity index (χ3n) is 1.40. The predicted octanol–water partition coefficient (Wildman–Crippen LogP) is 1.31. The molecule has 0 aliphatic heterocycles. The van der Waals surface area contributed by atoms with Crippen LogP contribution in [0.3, 0.4) is 0 Å². The number of benzene rings is 1. The van der Waals surface area contributed by atoms with Crippen molar-refractivity contribution in [1.82, 2.24) is 5.32 Å². The third-order valence-corrected chi connectivity index (χ3v) is 1.40. The molecular formula is C8H3F3N2O. The summed E-state index contributed by atoms with van der Waals surface area (Å²) < 4.78 is 38.1. The molecule has 6 heteroatoms. The highest BCUT2D eigenvalue weighted by Crippen LogP contribution is 2.14. The summed E-state index contributed by atoms with van der Waals surface area (Å²) in [6, 6.07) is 0.713. The van der Waals surface area contributed by atoms with E-state index in [4.69, 9.17) is 5.26 Å². The lowest BCUT2D eigenvalue weighted by molar-refractivity contribution is 0.0964. The molecule has 72 valence electrons. The van der Waals surface area contributed by atoms with E-state index in [1.807, 2.05) is 0 Å². The van der Waals surface area contributed by atoms with Gasteiger partial charge in [0.1, 0.15) is 23.0 Å². The van der Waals surface area contributed by atoms with Gasteiger partial charge in [-0.25, -0.2) is 13.2 Å². The van der Waals surface area contributed by atoms with Crippen molar-refractivity contribution in [3.63, 3.8) is 0 Å². The second kappa shape index (κ2) is 3.79. The number of hydrogen-bond donors (Lipinski definition) is 1. The number of rotatable bonds is 1. The summed E-state index contributed by atoms with van der Waals surface area (Å²) in [4.78, 5) is 10.9. The van der Waals surface area contributed by atoms with Crippen LogP contribution in [0.1, 0.15) is 10.4 Å². The number of hydrogen-bond acceptors (Lipinski definition) is 2. The van der Waals surface area contributed by atoms with E-state index in [0.717, 1.165) is 0 Å². The standard InChI is InChI=1S/C8H3F3N2O/c9-4-1-5(10)7(6(11)2-4)8(14)13-3-12/h1-2H,(H,13,14). The molecule has 0 aromatic heterocycles. The van der Waals surface area contributed by atoms with Crippen molar-refractivity contribution in [3.8, 4) is 6.19 Å². The maximum atomic E-state index is 12.8. The van der Waals surface area contributed by atoms with E-state index in [-0.39, 0.29) is 0 Å². The van der Waals surface area contributed by atoms with Gasteiger partial charge in [0, 0.05) is 12.1 Å². The molecule has 0 atom stereocenters. The van der Waals surface area contributed by atoms with E-state index < -0.39 is 28.9 Å². The lowest BCUT2D eigenvalue weighted by Gasteiger charge is -2.01. The molecule has 0 fully saturated rings. The summed E-state index contributed by atoms with van der Waals surface area (Å²) in [5.41, 5.74) is -0.979. The second-order valence-electron chi connectivity index (χ2n) is 2.31. The minimum absolute atomic E-state index is 0.357. The molecule has 14 heavy (non-hydrogen) atoms. The summed E-state index contributed by atoms with van der Waals surface area (Å²) in [6.45, 7) is 0. The van der Waals surface area contributed by atoms with E-state index in [2.05, 4.69) is 0 Å². The fourth-order valence-corrected chi connectivity index (χ4v) is 0.872. The zero-order valence-electron chi connectivity index (χ0n) is 6.64. The molecule has 3 nitrogen and oxygen atoms in total. The van der Waals surface area contributed by atoms with Crippen molar-refractivity contribution in [2.75, 3.05) is 0 Å². The molecule has 1 rings (SSSR count). The van der Waals surface area contributed by atoms with Gasteiger partial charge in [-0.05, 0) is 0 Å². The third kappa shape index (κ3) is 1.82. The van der Waals surface area contributed by atoms with Gasteiger partial charge >= 0.3 is 0 Å². The van der Waals surface area contributed by atoms with Crippen molar-refractivity contribution >= 4 is 5.91 Å². The van der Waals surface area contributed by atoms with Gasteiger partial charge in [0.05, 0.1) is 0 Å². The zero-order valence-corrected chi connectivity index (χ0v) is 6.64. The SMILES string of the molecule is N#CNC(=O)c1c(F)cc(F)cc1F. The minimum atomic E-state index is -1.35. The number of nitrogens with one attached hydrogen (secondary N) is 1. The Labute approximate surface area is 76.8 Å². The molecule has 0 aliphatic carbocycles. The first-order valence-electron chi connectivity index (χ1n) is 3.40. The maximum Gasteiger partial charge on any atom is 0.270 e. The first-order valence-corrected chi connectivity index (χ1v) is 3.40. The lowest BCUT2D eigenvalue weighted by Crippen LogP contribution is -2.20. The number of nitrogens with zero attached hydrogens (tertiary/aromatic N) is 1. The van der Waals surface area contributed by atoms with E-state index in [1.54, 1.807) is 0 Å². The van der Waals surface area contributed by atoms with Crippen LogP contribution < -0.4 is 5.32 Å². The van der Waals surface area contributed by atoms with Crippen LogP contribution in [0.25, 0.3) is 0 Å². The van der Waals surface area contributed by atoms with Crippen LogP contribution in [0.2, 0.25) is 0 Å². The average molecular weight is 200 g/mol. The zero-order chi connectivity index (χ0) is 10.7. The molecule has 1 aromatic rings. The van der Waals surface area contributed by atoms with Crippen molar-refractivity contribution in [1.29, 1.82) is 5.26 Å². The molecule has 0 unspecified atom stereocenters. The Bertz CT molecular complexity index is 402. The summed E-state index contributed by atoms with van der Waals surface area (Å²) in [6.07, 6.45) is 1.21. The van der Waals surface area contributed by atoms with Crippen LogP contribution in [0.15, 0.2) is 12.1 Å². The molecule has 0 aliphatic rings. The fraction of sp³-hybridized carbons (Fsp3) is 0. The van der Waals surface area contributed by atoms with Gasteiger partial charge in [0.15, 0.2) is 6.19 Å². The molecule has 0 spiro atoms. The van der Waals surface area contributed by atoms with Crippen molar-refractivity contribution < 1.29 is 18.0 Å². The molecule has 1 amide bonds. The van der Waals surface area contributed by atoms with Crippen LogP contribution >= 0.6 is 0 Å². The Balaban J connectivity index is 3.22. The fourth-order valence-electron chi connectivity index (χ4n) is 0.872. The van der Waals surface area contributed by atoms with Crippen LogP contribution in [-0.2, 0) is 0 Å². The van der Waals surface area contributed by atoms with E-state index in [0.29, 0.717) is 12.1 Å². The second-order valence-corrected chi connectivity index (χ2v) is 2.31. The molecule has 0 radical (unpaired) electrons. The molecule has 0 saturated heterocycles. The van der Waals surface area contributed by atoms with Crippen LogP contribution in [0, 0.1) is 28.9 Å². The van der Waals surface area contributed by atoms with Crippen LogP contribution in [-0.4, -0.2) is 5.91 Å². The monoisotopic (exact) mass is 200 g/mol. The minimum Gasteiger partial charge on any atom is -0.268 e. The number of carbonyl (C=O) groups is 1. The molecule has 1 N–H and O–H groups in total. The molecule has 0 heterocycles. The Morgan fingerprint density at radius 3 is 2.21 bits per heavy atom. The highest BCUT2D eigenvalue weighted by atomic mass is 19.1. The van der Waals surface area contributed by atoms with Crippen LogP contribution in [0.5, 0.6) is 0 Å². The van der Waals surface area contributed by atoms with E-state index in [1.165, 1.54) is 11.5 Å². The van der Waals surface area contributed by atoms with Crippen LogP contribution in [0.4, 0.5) is 13.2 Å². The van der Waals surface area contributed by atoms with Crippen molar-refractivity contribution in [2.45, 2.75) is 0 Å². The van der Waals surface area contributed by atoms with Gasteiger partial charge in [-0.15, -0.1) is 0 Å². The molecule has 0 bridgehead atoms. The van der Waals surface area contributed by atoms with Crippen molar-refractivity contribution in [3.05, 3.63) is 35.1 Å². The van der Waals surface area contributed by atoms with Gasteiger partial charge in [-0.2, -0.15) is 5.26 Å². The van der Waals surface area contributed by atoms with Gasteiger partial charge in [-0.1, -0.05) is 0 Å². The van der Waals surface area contributed by atoms with E-state index >= 15 is 0 Å². The molecule has 0 saturated carbocycles. The summed E-state index contributed by atoms with van der Waals surface area (Å²) in [7, 11) is 0. The summed E-state index contributed by atoms with van der Waals surface area (Å²) >= 11 is 0. The van der Waals surface area contributed by atoms with E-state index in [9.17, 15) is 18.0 Å². The Morgan fingerprint density at radius 1 is 1.29 bits per heavy atom.